The van der Waals surface area contributed by atoms with E-state index in [1.54, 1.807) is 52.0 Å². The van der Waals surface area contributed by atoms with E-state index in [9.17, 15) is 93.9 Å². The first-order valence-electron chi connectivity index (χ1n) is 34.9. The molecule has 0 radical (unpaired) electrons. The molecule has 0 saturated carbocycles. The number of nitrogens with one attached hydrogen (secondary N) is 4. The number of aromatic nitrogens is 8. The third-order valence-electron chi connectivity index (χ3n) is 18.5. The van der Waals surface area contributed by atoms with Gasteiger partial charge in [-0.3, -0.25) is 37.4 Å². The summed E-state index contributed by atoms with van der Waals surface area (Å²) in [5.74, 6) is -16.7. The number of amides is 4. The summed E-state index contributed by atoms with van der Waals surface area (Å²) in [7, 11) is 7.11. The largest absolute Gasteiger partial charge is 0.497 e. The summed E-state index contributed by atoms with van der Waals surface area (Å²) in [4.78, 5) is 113. The Labute approximate surface area is 677 Å². The number of halogens is 9. The Kier molecular flexibility index (Phi) is 30.3. The summed E-state index contributed by atoms with van der Waals surface area (Å²) in [6.07, 6.45) is -20.1. The first-order valence-corrected chi connectivity index (χ1v) is 35.3. The zero-order valence-corrected chi connectivity index (χ0v) is 64.4. The molecule has 4 saturated heterocycles. The van der Waals surface area contributed by atoms with Crippen LogP contribution in [0.1, 0.15) is 96.0 Å². The van der Waals surface area contributed by atoms with E-state index in [0.29, 0.717) is 51.9 Å². The van der Waals surface area contributed by atoms with Crippen LogP contribution in [0.2, 0.25) is 5.02 Å². The van der Waals surface area contributed by atoms with Gasteiger partial charge in [-0.2, -0.15) is 55.1 Å². The minimum Gasteiger partial charge on any atom is -0.497 e. The molecule has 4 amide bonds. The molecule has 4 fully saturated rings. The van der Waals surface area contributed by atoms with E-state index >= 15 is 0 Å². The van der Waals surface area contributed by atoms with Crippen LogP contribution in [0.25, 0.3) is 0 Å². The van der Waals surface area contributed by atoms with Gasteiger partial charge in [-0.25, -0.2) is 19.2 Å². The smallest absolute Gasteiger partial charge is 0.351 e. The van der Waals surface area contributed by atoms with Gasteiger partial charge in [0.1, 0.15) is 64.9 Å². The fraction of sp³-hybridized carbons (Fsp3) is 0.405. The highest BCUT2D eigenvalue weighted by Crippen LogP contribution is 2.46. The first kappa shape index (κ1) is 94.0. The Morgan fingerprint density at radius 3 is 1.02 bits per heavy atom. The third kappa shape index (κ3) is 19.8. The summed E-state index contributed by atoms with van der Waals surface area (Å²) in [6.45, 7) is 3.66. The van der Waals surface area contributed by atoms with Crippen molar-refractivity contribution >= 4 is 58.5 Å². The second-order valence-electron chi connectivity index (χ2n) is 26.3. The van der Waals surface area contributed by atoms with Crippen LogP contribution in [-0.4, -0.2) is 237 Å². The standard InChI is InChI=1S/2C19H21F2N3O7.C18H19F2N3O6.C17H16ClF2N3O5.CH4/c1-9-11(29-2)6-10(7-12(9)30-3)16(27)22-14-4-5-24(18(28)23-14)17-19(20,21)15(26)13(8-25)31-17;1-9-4-5-10(14(30-3)13(9)29-2)16(27)22-12-6-7-24(18(28)23-12)17-19(20,21)15(26)11(8-25)31-17;1-9-5-10(7-11(6-9)28-2)15(26)21-13-3-4-23(17(27)22-13)16-18(19,20)14(25)12(8-24)29-16;1-8-2-3-9(6-10(8)18)14(26)21-12-4-5-23(16(27)22-12)15-17(19,20)13(25)11(7-24)28-15;/h4-7,13,15,17,25-26H,8H2,1-3H3,(H,22,23,27,28);4-7,11,15,17,25-26H,8H2,1-3H3,(H,22,23,27,28);3-7,12,14,16,24-25H,8H2,1-2H3,(H,21,22,26,27);2-6,11,13,15,24-25H,7H2,1H3,(H,21,22,26,27);1H4/t13-,15-,17?;11-,15-,17?;12-,14-,16?;11-,13-,15?;/m1111./s1. The second-order valence-corrected chi connectivity index (χ2v) is 26.8. The van der Waals surface area contributed by atoms with Crippen LogP contribution in [-0.2, 0) is 18.9 Å². The number of carbonyl (C=O) groups excluding carboxylic acids is 4. The molecule has 12 N–H and O–H groups in total. The summed E-state index contributed by atoms with van der Waals surface area (Å²) < 4.78 is 161. The monoisotopic (exact) mass is 1720 g/mol. The Bertz CT molecular complexity index is 5300. The Morgan fingerprint density at radius 2 is 0.733 bits per heavy atom. The van der Waals surface area contributed by atoms with Crippen molar-refractivity contribution in [1.82, 2.24) is 38.2 Å². The maximum atomic E-state index is 14.3. The van der Waals surface area contributed by atoms with E-state index in [0.717, 1.165) is 65.7 Å². The van der Waals surface area contributed by atoms with Gasteiger partial charge in [0, 0.05) is 52.1 Å². The summed E-state index contributed by atoms with van der Waals surface area (Å²) in [5.41, 5.74) is -0.839. The molecule has 46 heteroatoms. The zero-order valence-electron chi connectivity index (χ0n) is 63.6. The zero-order chi connectivity index (χ0) is 87.8. The topological polar surface area (TPSA) is 501 Å². The molecular weight excluding hydrogens is 1640 g/mol. The van der Waals surface area contributed by atoms with Crippen molar-refractivity contribution in [3.05, 3.63) is 201 Å². The molecule has 650 valence electrons. The van der Waals surface area contributed by atoms with Crippen LogP contribution in [0, 0.1) is 27.7 Å². The molecule has 12 rings (SSSR count). The van der Waals surface area contributed by atoms with Crippen LogP contribution >= 0.6 is 11.6 Å². The van der Waals surface area contributed by atoms with Gasteiger partial charge in [-0.05, 0) is 117 Å². The number of anilines is 4. The number of hydrogen-bond acceptors (Lipinski definition) is 29. The van der Waals surface area contributed by atoms with E-state index in [-0.39, 0.29) is 58.7 Å². The van der Waals surface area contributed by atoms with Crippen molar-refractivity contribution < 1.29 is 138 Å². The quantitative estimate of drug-likeness (QED) is 0.0451. The maximum Gasteiger partial charge on any atom is 0.351 e. The fourth-order valence-electron chi connectivity index (χ4n) is 12.1. The molecule has 37 nitrogen and oxygen atoms in total. The lowest BCUT2D eigenvalue weighted by molar-refractivity contribution is -0.141. The number of aliphatic hydroxyl groups is 8. The van der Waals surface area contributed by atoms with E-state index in [4.69, 9.17) is 74.7 Å². The number of aryl methyl sites for hydroxylation is 3. The van der Waals surface area contributed by atoms with Gasteiger partial charge in [0.15, 0.2) is 35.9 Å². The molecule has 4 aliphatic heterocycles. The summed E-state index contributed by atoms with van der Waals surface area (Å²) >= 11 is 5.97. The highest BCUT2D eigenvalue weighted by atomic mass is 35.5. The lowest BCUT2D eigenvalue weighted by Crippen LogP contribution is -2.41. The highest BCUT2D eigenvalue weighted by molar-refractivity contribution is 6.31. The number of alkyl halides is 8. The van der Waals surface area contributed by atoms with Gasteiger partial charge >= 0.3 is 46.4 Å². The number of aliphatic hydroxyl groups excluding tert-OH is 8. The Balaban J connectivity index is 0.000000199. The van der Waals surface area contributed by atoms with Crippen molar-refractivity contribution in [3.8, 4) is 28.7 Å². The predicted molar refractivity (Wildman–Crippen MR) is 403 cm³/mol. The first-order chi connectivity index (χ1) is 56.1. The molecular formula is C74H81ClF8N12O25. The summed E-state index contributed by atoms with van der Waals surface area (Å²) in [6, 6.07) is 20.0. The average molecular weight is 1730 g/mol. The number of hydrogen-bond donors (Lipinski definition) is 12. The van der Waals surface area contributed by atoms with E-state index in [2.05, 4.69) is 41.2 Å². The molecule has 12 atom stereocenters. The van der Waals surface area contributed by atoms with Crippen molar-refractivity contribution in [2.24, 2.45) is 0 Å². The SMILES string of the molecule is C.COc1c(C)ccc(C(=O)Nc2ccn(C3O[C@H](CO)[C@@H](O)C3(F)F)c(=O)n2)c1OC.COc1cc(C(=O)Nc2ccn(C3O[C@H](CO)[C@@H](O)C3(F)F)c(=O)n2)cc(OC)c1C.COc1cc(C)cc(C(=O)Nc2ccn(C3O[C@H](CO)[C@@H](O)C3(F)F)c(=O)n2)c1.Cc1ccc(C(=O)Nc2ccn(C3O[C@H](CO)[C@@H](O)C3(F)F)c(=O)n2)cc1Cl. The highest BCUT2D eigenvalue weighted by Gasteiger charge is 2.63. The van der Waals surface area contributed by atoms with Crippen LogP contribution < -0.4 is 67.7 Å². The van der Waals surface area contributed by atoms with Gasteiger partial charge in [-0.1, -0.05) is 31.2 Å². The van der Waals surface area contributed by atoms with Crippen molar-refractivity contribution in [2.45, 2.75) is 133 Å². The summed E-state index contributed by atoms with van der Waals surface area (Å²) in [5, 5.41) is 84.4. The van der Waals surface area contributed by atoms with Crippen LogP contribution in [0.4, 0.5) is 58.4 Å². The lowest BCUT2D eigenvalue weighted by Gasteiger charge is -2.21. The number of rotatable bonds is 21. The minimum atomic E-state index is -3.84. The van der Waals surface area contributed by atoms with E-state index in [1.807, 2.05) is 0 Å². The number of ether oxygens (including phenoxy) is 9. The van der Waals surface area contributed by atoms with E-state index in [1.165, 1.54) is 71.9 Å². The molecule has 4 unspecified atom stereocenters. The van der Waals surface area contributed by atoms with Gasteiger partial charge in [0.25, 0.3) is 23.6 Å². The van der Waals surface area contributed by atoms with Gasteiger partial charge < -0.3 is 105 Å². The molecule has 4 aromatic heterocycles. The molecule has 0 aliphatic carbocycles. The van der Waals surface area contributed by atoms with Crippen molar-refractivity contribution in [2.75, 3.05) is 83.2 Å². The Morgan fingerprint density at radius 1 is 0.417 bits per heavy atom. The normalized spacial score (nSPS) is 22.6. The number of nitrogens with zero attached hydrogens (tertiary/aromatic N) is 8. The number of carbonyl (C=O) groups is 4. The number of methoxy groups -OCH3 is 5. The Hall–Kier alpha value is -11.5. The third-order valence-corrected chi connectivity index (χ3v) is 18.9. The average Bonchev–Trinajstić information content (AvgIpc) is 1.63. The maximum absolute atomic E-state index is 14.3. The van der Waals surface area contributed by atoms with Crippen molar-refractivity contribution in [1.29, 1.82) is 0 Å². The van der Waals surface area contributed by atoms with Crippen LogP contribution in [0.5, 0.6) is 28.7 Å². The predicted octanol–water partition coefficient (Wildman–Crippen LogP) is 4.09. The van der Waals surface area contributed by atoms with Crippen molar-refractivity contribution in [3.63, 3.8) is 0 Å². The molecule has 0 bridgehead atoms. The van der Waals surface area contributed by atoms with Crippen LogP contribution in [0.3, 0.4) is 0 Å². The van der Waals surface area contributed by atoms with Gasteiger partial charge in [-0.15, -0.1) is 0 Å². The van der Waals surface area contributed by atoms with Gasteiger partial charge in [0.2, 0.25) is 24.9 Å². The minimum absolute atomic E-state index is 0. The van der Waals surface area contributed by atoms with Gasteiger partial charge in [0.05, 0.1) is 67.5 Å². The molecule has 8 aromatic rings. The number of benzene rings is 4. The molecule has 8 heterocycles. The second kappa shape index (κ2) is 38.7. The lowest BCUT2D eigenvalue weighted by atomic mass is 10.1. The molecule has 4 aromatic carbocycles. The molecule has 4 aliphatic rings. The van der Waals surface area contributed by atoms with Crippen LogP contribution in [0.15, 0.2) is 129 Å². The molecule has 120 heavy (non-hydrogen) atoms. The van der Waals surface area contributed by atoms with E-state index < -0.39 is 170 Å². The fourth-order valence-corrected chi connectivity index (χ4v) is 12.3. The molecule has 0 spiro atoms.